The fourth-order valence-electron chi connectivity index (χ4n) is 3.60. The van der Waals surface area contributed by atoms with Gasteiger partial charge >= 0.3 is 0 Å². The minimum absolute atomic E-state index is 0.124. The van der Waals surface area contributed by atoms with Crippen LogP contribution in [0, 0.1) is 5.92 Å². The average Bonchev–Trinajstić information content (AvgIpc) is 2.85. The Morgan fingerprint density at radius 1 is 1.30 bits per heavy atom. The Balaban J connectivity index is 1.46. The molecular formula is C13H17ClN6. The lowest BCUT2D eigenvalue weighted by Crippen LogP contribution is -2.66. The van der Waals surface area contributed by atoms with Gasteiger partial charge in [0.25, 0.3) is 0 Å². The minimum atomic E-state index is 0.124. The van der Waals surface area contributed by atoms with E-state index >= 15 is 0 Å². The number of aliphatic imine (C=N–C) groups is 1. The summed E-state index contributed by atoms with van der Waals surface area (Å²) in [5.74, 6) is 2.20. The number of rotatable bonds is 1. The van der Waals surface area contributed by atoms with Crippen molar-refractivity contribution in [2.75, 3.05) is 31.5 Å². The molecule has 4 aliphatic heterocycles. The minimum Gasteiger partial charge on any atom is -0.347 e. The first-order valence-electron chi connectivity index (χ1n) is 7.05. The van der Waals surface area contributed by atoms with Gasteiger partial charge in [0, 0.05) is 6.54 Å². The van der Waals surface area contributed by atoms with Crippen LogP contribution in [-0.4, -0.2) is 52.8 Å². The molecule has 6 nitrogen and oxygen atoms in total. The monoisotopic (exact) mass is 292 g/mol. The predicted octanol–water partition coefficient (Wildman–Crippen LogP) is 0.965. The molecule has 0 aromatic carbocycles. The number of hydrogen-bond acceptors (Lipinski definition) is 6. The first kappa shape index (κ1) is 12.3. The zero-order valence-corrected chi connectivity index (χ0v) is 11.9. The van der Waals surface area contributed by atoms with E-state index in [1.807, 2.05) is 0 Å². The molecule has 4 aliphatic rings. The Hall–Kier alpha value is -1.40. The number of nitrogens with one attached hydrogen (secondary N) is 2. The topological polar surface area (TPSA) is 65.4 Å². The second kappa shape index (κ2) is 4.56. The van der Waals surface area contributed by atoms with Gasteiger partial charge in [-0.3, -0.25) is 4.99 Å². The molecule has 20 heavy (non-hydrogen) atoms. The van der Waals surface area contributed by atoms with Crippen molar-refractivity contribution < 1.29 is 0 Å². The van der Waals surface area contributed by atoms with Gasteiger partial charge in [0.2, 0.25) is 0 Å². The van der Waals surface area contributed by atoms with E-state index in [0.717, 1.165) is 25.0 Å². The van der Waals surface area contributed by atoms with Crippen LogP contribution in [0.2, 0.25) is 5.15 Å². The maximum absolute atomic E-state index is 5.73. The smallest absolute Gasteiger partial charge is 0.197 e. The molecule has 3 fully saturated rings. The van der Waals surface area contributed by atoms with Crippen molar-refractivity contribution in [1.29, 1.82) is 0 Å². The Bertz CT molecular complexity index is 536. The summed E-state index contributed by atoms with van der Waals surface area (Å²) in [6, 6.07) is 3.53. The molecule has 5 heterocycles. The number of halogens is 1. The van der Waals surface area contributed by atoms with Crippen LogP contribution >= 0.6 is 11.6 Å². The molecular weight excluding hydrogens is 276 g/mol. The second-order valence-electron chi connectivity index (χ2n) is 5.86. The summed E-state index contributed by atoms with van der Waals surface area (Å²) in [5, 5.41) is 15.0. The van der Waals surface area contributed by atoms with Gasteiger partial charge in [0.15, 0.2) is 16.9 Å². The van der Waals surface area contributed by atoms with Gasteiger partial charge in [-0.05, 0) is 44.0 Å². The molecule has 0 aliphatic carbocycles. The van der Waals surface area contributed by atoms with Crippen molar-refractivity contribution >= 4 is 23.4 Å². The Kier molecular flexibility index (Phi) is 2.82. The molecule has 1 aromatic rings. The van der Waals surface area contributed by atoms with Crippen LogP contribution < -0.4 is 10.6 Å². The SMILES string of the molecule is Clc1ccc(NC2=NCC3(CN4CCC3CC4)N2)nn1. The molecule has 0 amide bonds. The van der Waals surface area contributed by atoms with Gasteiger partial charge in [0.05, 0.1) is 12.1 Å². The molecule has 1 spiro atoms. The number of anilines is 1. The molecule has 0 saturated carbocycles. The number of aromatic nitrogens is 2. The van der Waals surface area contributed by atoms with Crippen molar-refractivity contribution in [2.24, 2.45) is 10.9 Å². The van der Waals surface area contributed by atoms with Crippen molar-refractivity contribution in [3.63, 3.8) is 0 Å². The quantitative estimate of drug-likeness (QED) is 0.807. The van der Waals surface area contributed by atoms with E-state index in [9.17, 15) is 0 Å². The highest BCUT2D eigenvalue weighted by atomic mass is 35.5. The summed E-state index contributed by atoms with van der Waals surface area (Å²) in [7, 11) is 0. The van der Waals surface area contributed by atoms with Crippen molar-refractivity contribution in [3.8, 4) is 0 Å². The van der Waals surface area contributed by atoms with E-state index in [-0.39, 0.29) is 5.54 Å². The van der Waals surface area contributed by atoms with Crippen LogP contribution in [0.15, 0.2) is 17.1 Å². The fourth-order valence-corrected chi connectivity index (χ4v) is 3.70. The van der Waals surface area contributed by atoms with Crippen LogP contribution in [-0.2, 0) is 0 Å². The molecule has 7 heteroatoms. The third kappa shape index (κ3) is 2.03. The lowest BCUT2D eigenvalue weighted by atomic mass is 9.73. The first-order chi connectivity index (χ1) is 9.73. The largest absolute Gasteiger partial charge is 0.347 e. The number of piperidine rings is 3. The molecule has 2 bridgehead atoms. The molecule has 5 rings (SSSR count). The molecule has 106 valence electrons. The number of guanidine groups is 1. The number of fused-ring (bicyclic) bond motifs is 2. The van der Waals surface area contributed by atoms with E-state index in [1.165, 1.54) is 25.9 Å². The Morgan fingerprint density at radius 2 is 2.15 bits per heavy atom. The number of nitrogens with zero attached hydrogens (tertiary/aromatic N) is 4. The van der Waals surface area contributed by atoms with Gasteiger partial charge in [-0.1, -0.05) is 11.6 Å². The van der Waals surface area contributed by atoms with Crippen LogP contribution in [0.25, 0.3) is 0 Å². The summed E-state index contributed by atoms with van der Waals surface area (Å²) in [4.78, 5) is 7.15. The van der Waals surface area contributed by atoms with Crippen LogP contribution in [0.1, 0.15) is 12.8 Å². The van der Waals surface area contributed by atoms with Crippen LogP contribution in [0.5, 0.6) is 0 Å². The van der Waals surface area contributed by atoms with Crippen molar-refractivity contribution in [1.82, 2.24) is 20.4 Å². The first-order valence-corrected chi connectivity index (χ1v) is 7.43. The normalized spacial score (nSPS) is 35.0. The molecule has 0 radical (unpaired) electrons. The Morgan fingerprint density at radius 3 is 2.80 bits per heavy atom. The highest BCUT2D eigenvalue weighted by molar-refractivity contribution is 6.29. The van der Waals surface area contributed by atoms with Crippen LogP contribution in [0.4, 0.5) is 5.82 Å². The third-order valence-corrected chi connectivity index (χ3v) is 4.84. The number of hydrogen-bond donors (Lipinski definition) is 2. The molecule has 1 atom stereocenters. The fraction of sp³-hybridized carbons (Fsp3) is 0.615. The van der Waals surface area contributed by atoms with E-state index < -0.39 is 0 Å². The van der Waals surface area contributed by atoms with Gasteiger partial charge < -0.3 is 15.5 Å². The summed E-state index contributed by atoms with van der Waals surface area (Å²) in [6.45, 7) is 4.41. The lowest BCUT2D eigenvalue weighted by Gasteiger charge is -2.51. The highest BCUT2D eigenvalue weighted by Crippen LogP contribution is 2.37. The Labute approximate surface area is 122 Å². The summed E-state index contributed by atoms with van der Waals surface area (Å²) in [6.07, 6.45) is 2.55. The van der Waals surface area contributed by atoms with Gasteiger partial charge in [-0.25, -0.2) is 0 Å². The van der Waals surface area contributed by atoms with E-state index in [0.29, 0.717) is 11.0 Å². The van der Waals surface area contributed by atoms with Gasteiger partial charge in [-0.2, -0.15) is 0 Å². The molecule has 2 N–H and O–H groups in total. The molecule has 1 aromatic heterocycles. The summed E-state index contributed by atoms with van der Waals surface area (Å²) < 4.78 is 0. The van der Waals surface area contributed by atoms with Crippen LogP contribution in [0.3, 0.4) is 0 Å². The summed E-state index contributed by atoms with van der Waals surface area (Å²) >= 11 is 5.73. The molecule has 1 unspecified atom stereocenters. The predicted molar refractivity (Wildman–Crippen MR) is 78.0 cm³/mol. The van der Waals surface area contributed by atoms with Crippen molar-refractivity contribution in [2.45, 2.75) is 18.4 Å². The highest BCUT2D eigenvalue weighted by Gasteiger charge is 2.49. The van der Waals surface area contributed by atoms with Gasteiger partial charge in [-0.15, -0.1) is 10.2 Å². The lowest BCUT2D eigenvalue weighted by molar-refractivity contribution is 0.0270. The zero-order valence-electron chi connectivity index (χ0n) is 11.1. The van der Waals surface area contributed by atoms with E-state index in [1.54, 1.807) is 12.1 Å². The average molecular weight is 293 g/mol. The zero-order chi connectivity index (χ0) is 13.6. The van der Waals surface area contributed by atoms with E-state index in [4.69, 9.17) is 11.6 Å². The third-order valence-electron chi connectivity index (χ3n) is 4.64. The van der Waals surface area contributed by atoms with E-state index in [2.05, 4.69) is 30.7 Å². The van der Waals surface area contributed by atoms with Gasteiger partial charge in [0.1, 0.15) is 0 Å². The standard InChI is InChI=1S/C13H17ClN6/c14-10-1-2-11(19-18-10)16-12-15-7-13(17-12)8-20-5-3-9(13)4-6-20/h1-2,9H,3-8H2,(H2,15,16,17,19). The maximum atomic E-state index is 5.73. The van der Waals surface area contributed by atoms with Crippen molar-refractivity contribution in [3.05, 3.63) is 17.3 Å². The maximum Gasteiger partial charge on any atom is 0.197 e. The summed E-state index contributed by atoms with van der Waals surface area (Å²) in [5.41, 5.74) is 0.124. The second-order valence-corrected chi connectivity index (χ2v) is 6.25. The molecule has 3 saturated heterocycles.